The van der Waals surface area contributed by atoms with E-state index in [9.17, 15) is 8.78 Å². The maximum Gasteiger partial charge on any atom is 2.00 e. The van der Waals surface area contributed by atoms with Crippen molar-refractivity contribution in [2.24, 2.45) is 0 Å². The van der Waals surface area contributed by atoms with Crippen LogP contribution in [-0.4, -0.2) is 43.0 Å². The summed E-state index contributed by atoms with van der Waals surface area (Å²) in [4.78, 5) is 17.6. The zero-order chi connectivity index (χ0) is 26.2. The summed E-state index contributed by atoms with van der Waals surface area (Å²) in [6.45, 7) is 3.86. The molecule has 4 aromatic carbocycles. The molecule has 0 aliphatic heterocycles. The second-order valence-electron chi connectivity index (χ2n) is 8.09. The summed E-state index contributed by atoms with van der Waals surface area (Å²) < 4.78 is 25.9. The van der Waals surface area contributed by atoms with Gasteiger partial charge in [0.2, 0.25) is 0 Å². The summed E-state index contributed by atoms with van der Waals surface area (Å²) in [5.41, 5.74) is 7.14. The molecule has 0 saturated carbocycles. The van der Waals surface area contributed by atoms with Gasteiger partial charge in [0.05, 0.1) is 39.1 Å². The van der Waals surface area contributed by atoms with E-state index in [1.54, 1.807) is 30.5 Å². The molecule has 0 N–H and O–H groups in total. The molecule has 0 aliphatic rings. The van der Waals surface area contributed by atoms with E-state index in [-0.39, 0.29) is 37.5 Å². The number of aromatic nitrogens is 4. The molecule has 8 heteroatoms. The fourth-order valence-electron chi connectivity index (χ4n) is 3.45. The molecule has 2 aromatic heterocycles. The van der Waals surface area contributed by atoms with Crippen LogP contribution in [0.1, 0.15) is 14.2 Å². The molecule has 0 amide bonds. The molecular formula is C30H25BrF2MgN4. The Bertz CT molecular complexity index is 1620. The van der Waals surface area contributed by atoms with E-state index in [1.165, 1.54) is 24.3 Å². The van der Waals surface area contributed by atoms with Gasteiger partial charge in [-0.05, 0) is 86.6 Å². The molecule has 0 unspecified atom stereocenters. The third-order valence-electron chi connectivity index (χ3n) is 5.24. The molecule has 6 rings (SSSR count). The van der Waals surface area contributed by atoms with Crippen molar-refractivity contribution in [3.8, 4) is 11.3 Å². The quantitative estimate of drug-likeness (QED) is 0.184. The van der Waals surface area contributed by atoms with E-state index in [1.807, 2.05) is 62.4 Å². The number of hydrogen-bond donors (Lipinski definition) is 0. The third kappa shape index (κ3) is 8.08. The van der Waals surface area contributed by atoms with Gasteiger partial charge in [-0.2, -0.15) is 0 Å². The van der Waals surface area contributed by atoms with Gasteiger partial charge >= 0.3 is 23.1 Å². The van der Waals surface area contributed by atoms with E-state index in [0.29, 0.717) is 0 Å². The monoisotopic (exact) mass is 582 g/mol. The van der Waals surface area contributed by atoms with Crippen LogP contribution < -0.4 is 0 Å². The van der Waals surface area contributed by atoms with E-state index < -0.39 is 0 Å². The Hall–Kier alpha value is -3.33. The van der Waals surface area contributed by atoms with Crippen LogP contribution in [0.2, 0.25) is 0 Å². The van der Waals surface area contributed by atoms with Crippen LogP contribution in [0.3, 0.4) is 0 Å². The van der Waals surface area contributed by atoms with Crippen molar-refractivity contribution in [3.63, 3.8) is 0 Å². The van der Waals surface area contributed by atoms with E-state index in [4.69, 9.17) is 0 Å². The zero-order valence-corrected chi connectivity index (χ0v) is 23.9. The zero-order valence-electron chi connectivity index (χ0n) is 22.9. The van der Waals surface area contributed by atoms with E-state index in [2.05, 4.69) is 35.9 Å². The molecule has 0 atom stereocenters. The average Bonchev–Trinajstić information content (AvgIpc) is 2.91. The summed E-state index contributed by atoms with van der Waals surface area (Å²) in [6, 6.07) is 28.0. The number of aryl methyl sites for hydroxylation is 2. The van der Waals surface area contributed by atoms with Gasteiger partial charge in [-0.25, -0.2) is 23.7 Å². The third-order valence-corrected chi connectivity index (χ3v) is 5.76. The van der Waals surface area contributed by atoms with Gasteiger partial charge < -0.3 is 2.85 Å². The molecule has 0 fully saturated rings. The van der Waals surface area contributed by atoms with Crippen LogP contribution in [0.15, 0.2) is 108 Å². The van der Waals surface area contributed by atoms with Crippen molar-refractivity contribution in [3.05, 3.63) is 131 Å². The molecule has 188 valence electrons. The van der Waals surface area contributed by atoms with Crippen LogP contribution in [0.4, 0.5) is 8.78 Å². The van der Waals surface area contributed by atoms with E-state index in [0.717, 1.165) is 49.2 Å². The molecule has 4 nitrogen and oxygen atoms in total. The summed E-state index contributed by atoms with van der Waals surface area (Å²) >= 11 is 3.18. The number of rotatable bonds is 1. The van der Waals surface area contributed by atoms with Crippen LogP contribution in [0, 0.1) is 25.5 Å². The second-order valence-corrected chi connectivity index (χ2v) is 9.01. The molecule has 6 aromatic rings. The summed E-state index contributed by atoms with van der Waals surface area (Å²) in [7, 11) is 0. The predicted molar refractivity (Wildman–Crippen MR) is 156 cm³/mol. The van der Waals surface area contributed by atoms with E-state index >= 15 is 0 Å². The van der Waals surface area contributed by atoms with Crippen molar-refractivity contribution in [1.29, 1.82) is 0 Å². The molecular weight excluding hydrogens is 559 g/mol. The fourth-order valence-corrected chi connectivity index (χ4v) is 3.71. The standard InChI is InChI=1S/C15H11FN2.C9H8N2.C6H4BrF.Mg.2H/c1-10-15(11-6-8-12(16)9-7-11)18-14-5-3-2-4-13(14)17-10;1-7-6-10-8-4-2-3-5-9(8)11-7;7-5-1-3-6(8)4-2-5;;;/h2-9H,1H3;2-6H,1H3;1-4H;;;/q;;;+2;2*-1. The number of fused-ring (bicyclic) bond motifs is 2. The Labute approximate surface area is 247 Å². The predicted octanol–water partition coefficient (Wildman–Crippen LogP) is 8.11. The fraction of sp³-hybridized carbons (Fsp3) is 0.0667. The second kappa shape index (κ2) is 14.0. The van der Waals surface area contributed by atoms with Crippen LogP contribution in [0.25, 0.3) is 33.3 Å². The van der Waals surface area contributed by atoms with Crippen LogP contribution >= 0.6 is 15.9 Å². The Kier molecular flexibility index (Phi) is 10.8. The normalized spacial score (nSPS) is 10.0. The Morgan fingerprint density at radius 1 is 0.605 bits per heavy atom. The number of hydrogen-bond acceptors (Lipinski definition) is 4. The first-order chi connectivity index (χ1) is 17.9. The van der Waals surface area contributed by atoms with Gasteiger partial charge in [-0.15, -0.1) is 0 Å². The number of nitrogens with zero attached hydrogens (tertiary/aromatic N) is 4. The average molecular weight is 584 g/mol. The van der Waals surface area contributed by atoms with Gasteiger partial charge in [-0.1, -0.05) is 40.2 Å². The summed E-state index contributed by atoms with van der Waals surface area (Å²) in [6.07, 6.45) is 1.78. The largest absolute Gasteiger partial charge is 2.00 e. The van der Waals surface area contributed by atoms with Gasteiger partial charge in [0, 0.05) is 16.2 Å². The summed E-state index contributed by atoms with van der Waals surface area (Å²) in [5, 5.41) is 0. The number of halogens is 3. The summed E-state index contributed by atoms with van der Waals surface area (Å²) in [5.74, 6) is -0.446. The Morgan fingerprint density at radius 3 is 1.63 bits per heavy atom. The van der Waals surface area contributed by atoms with Gasteiger partial charge in [0.15, 0.2) is 0 Å². The minimum atomic E-state index is -0.245. The smallest absolute Gasteiger partial charge is 1.00 e. The topological polar surface area (TPSA) is 51.6 Å². The Balaban J connectivity index is 0.000000315. The molecule has 0 bridgehead atoms. The Morgan fingerprint density at radius 2 is 1.08 bits per heavy atom. The first-order valence-electron chi connectivity index (χ1n) is 11.5. The van der Waals surface area contributed by atoms with Crippen molar-refractivity contribution < 1.29 is 11.6 Å². The van der Waals surface area contributed by atoms with Gasteiger partial charge in [0.25, 0.3) is 0 Å². The minimum absolute atomic E-state index is 0. The molecule has 38 heavy (non-hydrogen) atoms. The van der Waals surface area contributed by atoms with Crippen LogP contribution in [-0.2, 0) is 0 Å². The first-order valence-corrected chi connectivity index (χ1v) is 12.3. The minimum Gasteiger partial charge on any atom is -1.00 e. The maximum atomic E-state index is 12.9. The van der Waals surface area contributed by atoms with Gasteiger partial charge in [-0.3, -0.25) is 4.98 Å². The van der Waals surface area contributed by atoms with Crippen molar-refractivity contribution >= 4 is 61.0 Å². The van der Waals surface area contributed by atoms with Crippen molar-refractivity contribution in [1.82, 2.24) is 19.9 Å². The molecule has 2 heterocycles. The first kappa shape index (κ1) is 29.2. The number of para-hydroxylation sites is 4. The van der Waals surface area contributed by atoms with Gasteiger partial charge in [0.1, 0.15) is 11.6 Å². The molecule has 0 saturated heterocycles. The van der Waals surface area contributed by atoms with Crippen molar-refractivity contribution in [2.45, 2.75) is 13.8 Å². The van der Waals surface area contributed by atoms with Crippen LogP contribution in [0.5, 0.6) is 0 Å². The molecule has 0 radical (unpaired) electrons. The molecule has 0 spiro atoms. The number of benzene rings is 4. The SMILES string of the molecule is Cc1cnc2ccccc2n1.Cc1nc2ccccc2nc1-c1ccc(F)cc1.Fc1ccc(Br)cc1.[H-].[H-].[Mg+2]. The molecule has 0 aliphatic carbocycles. The van der Waals surface area contributed by atoms with Crippen molar-refractivity contribution in [2.75, 3.05) is 0 Å². The maximum absolute atomic E-state index is 12.9.